The van der Waals surface area contributed by atoms with Crippen molar-refractivity contribution >= 4 is 13.7 Å². The maximum absolute atomic E-state index is 12.8. The highest BCUT2D eigenvalue weighted by Gasteiger charge is 2.28. The number of hydrogen-bond donors (Lipinski definition) is 3. The lowest BCUT2D eigenvalue weighted by molar-refractivity contribution is -0.870. The molecule has 0 heterocycles. The van der Waals surface area contributed by atoms with Crippen LogP contribution in [0, 0.1) is 0 Å². The summed E-state index contributed by atoms with van der Waals surface area (Å²) in [6.45, 7) is 4.71. The molecule has 326 valence electrons. The van der Waals surface area contributed by atoms with E-state index in [0.29, 0.717) is 23.9 Å². The molecule has 0 radical (unpaired) electrons. The van der Waals surface area contributed by atoms with Crippen molar-refractivity contribution in [3.05, 3.63) is 60.8 Å². The van der Waals surface area contributed by atoms with E-state index in [9.17, 15) is 19.4 Å². The average molecular weight is 808 g/mol. The van der Waals surface area contributed by atoms with Crippen molar-refractivity contribution in [2.75, 3.05) is 40.9 Å². The largest absolute Gasteiger partial charge is 0.472 e. The number of quaternary nitrogens is 1. The zero-order valence-corrected chi connectivity index (χ0v) is 37.8. The Labute approximate surface area is 345 Å². The summed E-state index contributed by atoms with van der Waals surface area (Å²) < 4.78 is 23.5. The van der Waals surface area contributed by atoms with Gasteiger partial charge >= 0.3 is 7.82 Å². The van der Waals surface area contributed by atoms with Gasteiger partial charge in [-0.1, -0.05) is 177 Å². The SMILES string of the molecule is CC/C=C\C/C=C\C/C=C\C/C=C\C/C=C\CCCCCCCCCCCCCC(=O)NC(COP(=O)(O)OCC[N+](C)(C)C)C(O)CCCCCCCCC. The molecule has 0 spiro atoms. The Hall–Kier alpha value is -1.80. The molecule has 0 saturated carbocycles. The standard InChI is InChI=1S/C47H87N2O6P/c1-6-8-10-12-14-15-16-17-18-19-20-21-22-23-24-25-26-27-28-29-30-31-32-33-35-37-39-41-47(51)48-45(46(50)40-38-36-34-13-11-9-7-2)44-55-56(52,53)54-43-42-49(3,4)5/h8,10,14-15,17-18,20-21,23-24,45-46,50H,6-7,9,11-13,16,19,22,25-44H2,1-5H3,(H-,48,51,52,53)/p+1/b10-8-,15-14-,18-17-,21-20-,24-23-. The van der Waals surface area contributed by atoms with Gasteiger partial charge in [-0.25, -0.2) is 4.57 Å². The number of nitrogens with one attached hydrogen (secondary N) is 1. The van der Waals surface area contributed by atoms with Crippen LogP contribution in [0.2, 0.25) is 0 Å². The Bertz CT molecular complexity index is 1100. The number of unbranched alkanes of at least 4 members (excludes halogenated alkanes) is 17. The van der Waals surface area contributed by atoms with E-state index < -0.39 is 20.0 Å². The molecule has 0 aromatic rings. The van der Waals surface area contributed by atoms with Crippen LogP contribution in [0.1, 0.15) is 181 Å². The molecule has 3 atom stereocenters. The zero-order chi connectivity index (χ0) is 41.4. The van der Waals surface area contributed by atoms with Crippen LogP contribution in [0.4, 0.5) is 0 Å². The fourth-order valence-corrected chi connectivity index (χ4v) is 6.92. The summed E-state index contributed by atoms with van der Waals surface area (Å²) in [5.74, 6) is -0.155. The Morgan fingerprint density at radius 1 is 0.625 bits per heavy atom. The van der Waals surface area contributed by atoms with Gasteiger partial charge in [-0.15, -0.1) is 0 Å². The van der Waals surface area contributed by atoms with E-state index in [-0.39, 0.29) is 19.1 Å². The normalized spacial score (nSPS) is 14.9. The number of rotatable bonds is 40. The lowest BCUT2D eigenvalue weighted by Crippen LogP contribution is -2.46. The summed E-state index contributed by atoms with van der Waals surface area (Å²) in [5.41, 5.74) is 0. The first kappa shape index (κ1) is 54.2. The molecular weight excluding hydrogens is 719 g/mol. The first-order chi connectivity index (χ1) is 27.0. The van der Waals surface area contributed by atoms with Gasteiger partial charge in [-0.2, -0.15) is 0 Å². The molecule has 3 N–H and O–H groups in total. The first-order valence-electron chi connectivity index (χ1n) is 22.7. The van der Waals surface area contributed by atoms with Crippen molar-refractivity contribution in [2.24, 2.45) is 0 Å². The van der Waals surface area contributed by atoms with Gasteiger partial charge < -0.3 is 19.8 Å². The molecule has 0 bridgehead atoms. The number of likely N-dealkylation sites (N-methyl/N-ethyl adjacent to an activating group) is 1. The molecule has 1 amide bonds. The molecule has 0 aliphatic carbocycles. The van der Waals surface area contributed by atoms with Crippen LogP contribution >= 0.6 is 7.82 Å². The summed E-state index contributed by atoms with van der Waals surface area (Å²) in [6, 6.07) is -0.761. The monoisotopic (exact) mass is 808 g/mol. The number of phosphoric ester groups is 1. The van der Waals surface area contributed by atoms with Crippen molar-refractivity contribution in [1.29, 1.82) is 0 Å². The van der Waals surface area contributed by atoms with Crippen molar-refractivity contribution in [3.8, 4) is 0 Å². The zero-order valence-electron chi connectivity index (χ0n) is 36.9. The number of carbonyl (C=O) groups excluding carboxylic acids is 1. The molecule has 3 unspecified atom stereocenters. The third kappa shape index (κ3) is 40.4. The minimum absolute atomic E-state index is 0.0713. The van der Waals surface area contributed by atoms with Crippen LogP contribution in [0.15, 0.2) is 60.8 Å². The molecule has 0 aliphatic heterocycles. The third-order valence-electron chi connectivity index (χ3n) is 9.78. The fraction of sp³-hybridized carbons (Fsp3) is 0.766. The molecule has 8 nitrogen and oxygen atoms in total. The Morgan fingerprint density at radius 3 is 1.57 bits per heavy atom. The second-order valence-electron chi connectivity index (χ2n) is 16.4. The molecule has 0 aromatic carbocycles. The van der Waals surface area contributed by atoms with Gasteiger partial charge in [-0.3, -0.25) is 13.8 Å². The second kappa shape index (κ2) is 38.7. The number of amides is 1. The van der Waals surface area contributed by atoms with E-state index in [0.717, 1.165) is 70.6 Å². The highest BCUT2D eigenvalue weighted by molar-refractivity contribution is 7.47. The topological polar surface area (TPSA) is 105 Å². The summed E-state index contributed by atoms with van der Waals surface area (Å²) >= 11 is 0. The molecule has 0 aromatic heterocycles. The Morgan fingerprint density at radius 2 is 1.07 bits per heavy atom. The van der Waals surface area contributed by atoms with Gasteiger partial charge in [0.05, 0.1) is 39.9 Å². The van der Waals surface area contributed by atoms with E-state index in [1.54, 1.807) is 0 Å². The van der Waals surface area contributed by atoms with Gasteiger partial charge in [0.2, 0.25) is 5.91 Å². The number of hydrogen-bond acceptors (Lipinski definition) is 5. The van der Waals surface area contributed by atoms with Crippen LogP contribution in [0.25, 0.3) is 0 Å². The summed E-state index contributed by atoms with van der Waals surface area (Å²) in [5, 5.41) is 13.8. The van der Waals surface area contributed by atoms with E-state index in [1.807, 2.05) is 21.1 Å². The van der Waals surface area contributed by atoms with Crippen molar-refractivity contribution in [2.45, 2.75) is 193 Å². The number of phosphoric acid groups is 1. The lowest BCUT2D eigenvalue weighted by atomic mass is 10.0. The highest BCUT2D eigenvalue weighted by atomic mass is 31.2. The van der Waals surface area contributed by atoms with Crippen LogP contribution < -0.4 is 5.32 Å². The predicted molar refractivity (Wildman–Crippen MR) is 240 cm³/mol. The number of aliphatic hydroxyl groups is 1. The second-order valence-corrected chi connectivity index (χ2v) is 17.9. The van der Waals surface area contributed by atoms with Gasteiger partial charge in [0.25, 0.3) is 0 Å². The molecule has 9 heteroatoms. The fourth-order valence-electron chi connectivity index (χ4n) is 6.19. The molecule has 0 rings (SSSR count). The summed E-state index contributed by atoms with van der Waals surface area (Å²) in [4.78, 5) is 23.0. The van der Waals surface area contributed by atoms with Crippen LogP contribution in [-0.2, 0) is 18.4 Å². The molecule has 0 fully saturated rings. The van der Waals surface area contributed by atoms with Crippen LogP contribution in [0.5, 0.6) is 0 Å². The van der Waals surface area contributed by atoms with Crippen molar-refractivity contribution in [3.63, 3.8) is 0 Å². The molecular formula is C47H88N2O6P+. The summed E-state index contributed by atoms with van der Waals surface area (Å²) in [6.07, 6.45) is 49.9. The van der Waals surface area contributed by atoms with Gasteiger partial charge in [0.1, 0.15) is 13.2 Å². The van der Waals surface area contributed by atoms with E-state index in [1.165, 1.54) is 83.5 Å². The maximum Gasteiger partial charge on any atom is 0.472 e. The lowest BCUT2D eigenvalue weighted by Gasteiger charge is -2.26. The maximum atomic E-state index is 12.8. The molecule has 0 aliphatic rings. The third-order valence-corrected chi connectivity index (χ3v) is 10.8. The van der Waals surface area contributed by atoms with E-state index in [2.05, 4.69) is 79.9 Å². The van der Waals surface area contributed by atoms with Crippen molar-refractivity contribution in [1.82, 2.24) is 5.32 Å². The molecule has 0 saturated heterocycles. The van der Waals surface area contributed by atoms with Crippen molar-refractivity contribution < 1.29 is 32.9 Å². The van der Waals surface area contributed by atoms with E-state index in [4.69, 9.17) is 9.05 Å². The average Bonchev–Trinajstić information content (AvgIpc) is 3.15. The van der Waals surface area contributed by atoms with Crippen LogP contribution in [0.3, 0.4) is 0 Å². The minimum atomic E-state index is -4.31. The number of nitrogens with zero attached hydrogens (tertiary/aromatic N) is 1. The number of carbonyl (C=O) groups is 1. The quantitative estimate of drug-likeness (QED) is 0.0246. The Kier molecular flexibility index (Phi) is 37.5. The highest BCUT2D eigenvalue weighted by Crippen LogP contribution is 2.43. The smallest absolute Gasteiger partial charge is 0.391 e. The summed E-state index contributed by atoms with van der Waals surface area (Å²) in [7, 11) is 1.60. The number of aliphatic hydroxyl groups excluding tert-OH is 1. The molecule has 56 heavy (non-hydrogen) atoms. The van der Waals surface area contributed by atoms with E-state index >= 15 is 0 Å². The van der Waals surface area contributed by atoms with Gasteiger partial charge in [0.15, 0.2) is 0 Å². The van der Waals surface area contributed by atoms with Crippen LogP contribution in [-0.4, -0.2) is 73.4 Å². The van der Waals surface area contributed by atoms with Gasteiger partial charge in [-0.05, 0) is 57.8 Å². The minimum Gasteiger partial charge on any atom is -0.391 e. The van der Waals surface area contributed by atoms with Gasteiger partial charge in [0, 0.05) is 6.42 Å². The Balaban J connectivity index is 4.08. The predicted octanol–water partition coefficient (Wildman–Crippen LogP) is 12.6. The first-order valence-corrected chi connectivity index (χ1v) is 24.1. The number of allylic oxidation sites excluding steroid dienone is 10.